The Kier molecular flexibility index (Phi) is 2.15. The van der Waals surface area contributed by atoms with E-state index in [1.807, 2.05) is 21.0 Å². The maximum Gasteiger partial charge on any atom is 0.163 e. The lowest BCUT2D eigenvalue weighted by Gasteiger charge is -2.40. The van der Waals surface area contributed by atoms with Crippen LogP contribution in [0.2, 0.25) is 0 Å². The van der Waals surface area contributed by atoms with Crippen LogP contribution < -0.4 is 0 Å². The molecule has 0 saturated heterocycles. The van der Waals surface area contributed by atoms with E-state index in [0.717, 1.165) is 31.3 Å². The number of aliphatic hydroxyl groups is 1. The molecule has 0 radical (unpaired) electrons. The van der Waals surface area contributed by atoms with Gasteiger partial charge in [0.1, 0.15) is 0 Å². The second kappa shape index (κ2) is 3.21. The van der Waals surface area contributed by atoms with Crippen LogP contribution in [0.3, 0.4) is 0 Å². The molecular formula is C14H21NO2. The van der Waals surface area contributed by atoms with E-state index in [2.05, 4.69) is 4.90 Å². The van der Waals surface area contributed by atoms with Crippen LogP contribution in [0.1, 0.15) is 32.6 Å². The molecule has 0 aromatic carbocycles. The van der Waals surface area contributed by atoms with E-state index in [4.69, 9.17) is 0 Å². The first kappa shape index (κ1) is 11.4. The average molecular weight is 235 g/mol. The molecule has 3 rings (SSSR count). The van der Waals surface area contributed by atoms with Crippen LogP contribution in [0.15, 0.2) is 11.6 Å². The molecule has 0 amide bonds. The molecule has 3 heteroatoms. The van der Waals surface area contributed by atoms with E-state index in [9.17, 15) is 9.90 Å². The van der Waals surface area contributed by atoms with Crippen molar-refractivity contribution in [2.75, 3.05) is 14.1 Å². The van der Waals surface area contributed by atoms with E-state index in [1.165, 1.54) is 0 Å². The smallest absolute Gasteiger partial charge is 0.163 e. The highest BCUT2D eigenvalue weighted by Crippen LogP contribution is 2.61. The number of nitrogens with zero attached hydrogens (tertiary/aromatic N) is 1. The van der Waals surface area contributed by atoms with Crippen molar-refractivity contribution in [3.8, 4) is 0 Å². The minimum absolute atomic E-state index is 0.142. The lowest BCUT2D eigenvalue weighted by Crippen LogP contribution is -2.52. The third-order valence-corrected chi connectivity index (χ3v) is 5.50. The maximum atomic E-state index is 12.3. The van der Waals surface area contributed by atoms with Gasteiger partial charge in [-0.25, -0.2) is 0 Å². The van der Waals surface area contributed by atoms with Crippen molar-refractivity contribution >= 4 is 5.78 Å². The molecule has 0 spiro atoms. The number of allylic oxidation sites excluding steroid dienone is 1. The summed E-state index contributed by atoms with van der Waals surface area (Å²) in [5, 5.41) is 10.9. The maximum absolute atomic E-state index is 12.3. The number of carbonyl (C=O) groups excluding carboxylic acids is 1. The molecule has 0 heterocycles. The van der Waals surface area contributed by atoms with Crippen LogP contribution in [0.25, 0.3) is 0 Å². The zero-order valence-corrected chi connectivity index (χ0v) is 10.9. The summed E-state index contributed by atoms with van der Waals surface area (Å²) in [5.74, 6) is 0.225. The predicted octanol–water partition coefficient (Wildman–Crippen LogP) is 1.37. The molecule has 0 unspecified atom stereocenters. The van der Waals surface area contributed by atoms with Crippen molar-refractivity contribution in [2.45, 2.75) is 43.7 Å². The number of carbonyl (C=O) groups is 1. The molecule has 94 valence electrons. The fourth-order valence-electron chi connectivity index (χ4n) is 4.74. The zero-order valence-electron chi connectivity index (χ0n) is 10.9. The highest BCUT2D eigenvalue weighted by molar-refractivity contribution is 5.99. The Morgan fingerprint density at radius 2 is 2.18 bits per heavy atom. The molecule has 0 bridgehead atoms. The van der Waals surface area contributed by atoms with Crippen molar-refractivity contribution < 1.29 is 9.90 Å². The quantitative estimate of drug-likeness (QED) is 0.746. The summed E-state index contributed by atoms with van der Waals surface area (Å²) in [5.41, 5.74) is 0.187. The van der Waals surface area contributed by atoms with Gasteiger partial charge in [0.05, 0.1) is 17.1 Å². The molecule has 17 heavy (non-hydrogen) atoms. The predicted molar refractivity (Wildman–Crippen MR) is 65.6 cm³/mol. The number of hydrogen-bond acceptors (Lipinski definition) is 3. The first-order chi connectivity index (χ1) is 7.93. The van der Waals surface area contributed by atoms with E-state index < -0.39 is 5.60 Å². The lowest BCUT2D eigenvalue weighted by atomic mass is 9.78. The molecule has 0 aromatic rings. The monoisotopic (exact) mass is 235 g/mol. The summed E-state index contributed by atoms with van der Waals surface area (Å²) < 4.78 is 0. The SMILES string of the molecule is CC1=CC(=O)[C@H]2[C@@]3(O)CCC[C@H]3C[C@@]12N(C)C. The van der Waals surface area contributed by atoms with Crippen LogP contribution in [-0.2, 0) is 4.79 Å². The molecule has 4 atom stereocenters. The standard InChI is InChI=1S/C14H21NO2/c1-9-7-11(16)12-13(9,15(2)3)8-10-5-4-6-14(10,12)17/h7,10,12,17H,4-6,8H2,1-3H3/t10-,12+,13+,14+/m0/s1. The van der Waals surface area contributed by atoms with Crippen LogP contribution in [0, 0.1) is 11.8 Å². The number of fused-ring (bicyclic) bond motifs is 3. The normalized spacial score (nSPS) is 48.5. The van der Waals surface area contributed by atoms with Crippen LogP contribution in [0.4, 0.5) is 0 Å². The van der Waals surface area contributed by atoms with Crippen LogP contribution >= 0.6 is 0 Å². The largest absolute Gasteiger partial charge is 0.389 e. The Morgan fingerprint density at radius 3 is 2.82 bits per heavy atom. The second-order valence-electron chi connectivity index (χ2n) is 6.27. The van der Waals surface area contributed by atoms with Gasteiger partial charge in [-0.05, 0) is 57.8 Å². The van der Waals surface area contributed by atoms with Crippen LogP contribution in [0.5, 0.6) is 0 Å². The molecular weight excluding hydrogens is 214 g/mol. The van der Waals surface area contributed by atoms with Crippen molar-refractivity contribution in [1.29, 1.82) is 0 Å². The Morgan fingerprint density at radius 1 is 1.47 bits per heavy atom. The Labute approximate surface area is 102 Å². The summed E-state index contributed by atoms with van der Waals surface area (Å²) >= 11 is 0. The number of ketones is 1. The molecule has 2 fully saturated rings. The van der Waals surface area contributed by atoms with Crippen LogP contribution in [-0.4, -0.2) is 41.0 Å². The third-order valence-electron chi connectivity index (χ3n) is 5.50. The van der Waals surface area contributed by atoms with Gasteiger partial charge >= 0.3 is 0 Å². The molecule has 3 nitrogen and oxygen atoms in total. The average Bonchev–Trinajstić information content (AvgIpc) is 2.76. The third kappa shape index (κ3) is 1.12. The summed E-state index contributed by atoms with van der Waals surface area (Å²) in [7, 11) is 4.07. The highest BCUT2D eigenvalue weighted by Gasteiger charge is 2.68. The second-order valence-corrected chi connectivity index (χ2v) is 6.27. The molecule has 0 aromatic heterocycles. The molecule has 3 aliphatic carbocycles. The number of likely N-dealkylation sites (N-methyl/N-ethyl adjacent to an activating group) is 1. The van der Waals surface area contributed by atoms with Gasteiger partial charge in [-0.15, -0.1) is 0 Å². The molecule has 3 aliphatic rings. The van der Waals surface area contributed by atoms with Crippen molar-refractivity contribution in [3.63, 3.8) is 0 Å². The van der Waals surface area contributed by atoms with Gasteiger partial charge in [0.15, 0.2) is 5.78 Å². The van der Waals surface area contributed by atoms with Gasteiger partial charge < -0.3 is 5.11 Å². The fourth-order valence-corrected chi connectivity index (χ4v) is 4.74. The number of hydrogen-bond donors (Lipinski definition) is 1. The molecule has 2 saturated carbocycles. The van der Waals surface area contributed by atoms with Gasteiger partial charge in [-0.1, -0.05) is 6.42 Å². The fraction of sp³-hybridized carbons (Fsp3) is 0.786. The topological polar surface area (TPSA) is 40.5 Å². The van der Waals surface area contributed by atoms with E-state index in [1.54, 1.807) is 6.08 Å². The Balaban J connectivity index is 2.13. The Hall–Kier alpha value is -0.670. The highest BCUT2D eigenvalue weighted by atomic mass is 16.3. The first-order valence-corrected chi connectivity index (χ1v) is 6.55. The van der Waals surface area contributed by atoms with Gasteiger partial charge in [-0.2, -0.15) is 0 Å². The molecule has 1 N–H and O–H groups in total. The number of rotatable bonds is 1. The van der Waals surface area contributed by atoms with E-state index in [-0.39, 0.29) is 17.2 Å². The zero-order chi connectivity index (χ0) is 12.4. The van der Waals surface area contributed by atoms with Gasteiger partial charge in [-0.3, -0.25) is 9.69 Å². The van der Waals surface area contributed by atoms with Gasteiger partial charge in [0.25, 0.3) is 0 Å². The minimum Gasteiger partial charge on any atom is -0.389 e. The van der Waals surface area contributed by atoms with Gasteiger partial charge in [0.2, 0.25) is 0 Å². The van der Waals surface area contributed by atoms with Crippen molar-refractivity contribution in [1.82, 2.24) is 4.90 Å². The summed E-state index contributed by atoms with van der Waals surface area (Å²) in [6, 6.07) is 0. The van der Waals surface area contributed by atoms with E-state index >= 15 is 0 Å². The van der Waals surface area contributed by atoms with Crippen molar-refractivity contribution in [2.24, 2.45) is 11.8 Å². The summed E-state index contributed by atoms with van der Waals surface area (Å²) in [6.45, 7) is 2.04. The molecule has 0 aliphatic heterocycles. The van der Waals surface area contributed by atoms with Crippen molar-refractivity contribution in [3.05, 3.63) is 11.6 Å². The minimum atomic E-state index is -0.740. The lowest BCUT2D eigenvalue weighted by molar-refractivity contribution is -0.129. The first-order valence-electron chi connectivity index (χ1n) is 6.55. The summed E-state index contributed by atoms with van der Waals surface area (Å²) in [4.78, 5) is 14.4. The Bertz CT molecular complexity index is 414. The van der Waals surface area contributed by atoms with Gasteiger partial charge in [0, 0.05) is 0 Å². The summed E-state index contributed by atoms with van der Waals surface area (Å²) in [6.07, 6.45) is 5.63. The van der Waals surface area contributed by atoms with E-state index in [0.29, 0.717) is 5.92 Å².